The van der Waals surface area contributed by atoms with E-state index in [0.717, 1.165) is 25.1 Å². The molecule has 0 unspecified atom stereocenters. The van der Waals surface area contributed by atoms with Crippen LogP contribution in [0.4, 0.5) is 4.39 Å². The summed E-state index contributed by atoms with van der Waals surface area (Å²) in [6, 6.07) is 2.86. The molecule has 0 spiro atoms. The van der Waals surface area contributed by atoms with Crippen LogP contribution in [0.2, 0.25) is 10.0 Å². The first-order chi connectivity index (χ1) is 8.54. The Kier molecular flexibility index (Phi) is 3.27. The van der Waals surface area contributed by atoms with Crippen molar-refractivity contribution in [1.82, 2.24) is 4.90 Å². The Hall–Kier alpha value is -0.350. The molecular weight excluding hydrogens is 276 g/mol. The molecule has 3 rings (SSSR count). The van der Waals surface area contributed by atoms with Crippen molar-refractivity contribution in [2.75, 3.05) is 13.1 Å². The van der Waals surface area contributed by atoms with Crippen LogP contribution in [-0.4, -0.2) is 29.2 Å². The van der Waals surface area contributed by atoms with Crippen LogP contribution in [-0.2, 0) is 6.54 Å². The maximum atomic E-state index is 13.4. The van der Waals surface area contributed by atoms with Crippen LogP contribution in [0, 0.1) is 17.7 Å². The lowest BCUT2D eigenvalue weighted by Crippen LogP contribution is -2.39. The SMILES string of the molecule is O[C@H]1C[C@@H]2CN(Cc3cc(F)c(Cl)cc3Cl)C[C@@H]21. The number of benzene rings is 1. The van der Waals surface area contributed by atoms with Crippen LogP contribution >= 0.6 is 23.2 Å². The second kappa shape index (κ2) is 4.64. The number of aliphatic hydroxyl groups excluding tert-OH is 1. The molecule has 1 aliphatic heterocycles. The summed E-state index contributed by atoms with van der Waals surface area (Å²) in [5, 5.41) is 10.2. The predicted molar refractivity (Wildman–Crippen MR) is 69.3 cm³/mol. The summed E-state index contributed by atoms with van der Waals surface area (Å²) in [6.45, 7) is 2.45. The molecule has 1 heterocycles. The number of rotatable bonds is 2. The first kappa shape index (κ1) is 12.7. The van der Waals surface area contributed by atoms with Crippen LogP contribution in [0.5, 0.6) is 0 Å². The third kappa shape index (κ3) is 2.14. The zero-order valence-corrected chi connectivity index (χ0v) is 11.3. The van der Waals surface area contributed by atoms with Crippen molar-refractivity contribution in [3.63, 3.8) is 0 Å². The normalized spacial score (nSPS) is 31.2. The lowest BCUT2D eigenvalue weighted by molar-refractivity contribution is -0.00435. The van der Waals surface area contributed by atoms with E-state index < -0.39 is 5.82 Å². The highest BCUT2D eigenvalue weighted by Crippen LogP contribution is 2.41. The van der Waals surface area contributed by atoms with E-state index in [4.69, 9.17) is 23.2 Å². The highest BCUT2D eigenvalue weighted by atomic mass is 35.5. The van der Waals surface area contributed by atoms with Gasteiger partial charge < -0.3 is 5.11 Å². The number of hydrogen-bond acceptors (Lipinski definition) is 2. The van der Waals surface area contributed by atoms with Crippen LogP contribution in [0.25, 0.3) is 0 Å². The molecule has 2 aliphatic rings. The van der Waals surface area contributed by atoms with E-state index in [1.54, 1.807) is 0 Å². The third-order valence-electron chi connectivity index (χ3n) is 4.09. The molecule has 0 bridgehead atoms. The van der Waals surface area contributed by atoms with Gasteiger partial charge in [-0.15, -0.1) is 0 Å². The number of fused-ring (bicyclic) bond motifs is 1. The van der Waals surface area contributed by atoms with Crippen molar-refractivity contribution in [3.8, 4) is 0 Å². The summed E-state index contributed by atoms with van der Waals surface area (Å²) < 4.78 is 13.4. The first-order valence-electron chi connectivity index (χ1n) is 6.08. The maximum Gasteiger partial charge on any atom is 0.142 e. The van der Waals surface area contributed by atoms with Crippen molar-refractivity contribution >= 4 is 23.2 Å². The van der Waals surface area contributed by atoms with Gasteiger partial charge in [-0.2, -0.15) is 0 Å². The van der Waals surface area contributed by atoms with E-state index in [1.165, 1.54) is 12.1 Å². The smallest absolute Gasteiger partial charge is 0.142 e. The van der Waals surface area contributed by atoms with E-state index in [1.807, 2.05) is 0 Å². The van der Waals surface area contributed by atoms with Crippen LogP contribution in [0.15, 0.2) is 12.1 Å². The van der Waals surface area contributed by atoms with Gasteiger partial charge in [0.2, 0.25) is 0 Å². The molecule has 98 valence electrons. The lowest BCUT2D eigenvalue weighted by Gasteiger charge is -2.35. The van der Waals surface area contributed by atoms with Gasteiger partial charge in [0.15, 0.2) is 0 Å². The molecule has 0 radical (unpaired) electrons. The standard InChI is InChI=1S/C13H14Cl2FNO/c14-10-3-11(15)12(16)1-8(10)5-17-4-7-2-13(18)9(7)6-17/h1,3,7,9,13,18H,2,4-6H2/t7-,9+,13+/m1/s1. The fraction of sp³-hybridized carbons (Fsp3) is 0.538. The van der Waals surface area contributed by atoms with Gasteiger partial charge in [0.1, 0.15) is 5.82 Å². The predicted octanol–water partition coefficient (Wildman–Crippen LogP) is 2.95. The average Bonchev–Trinajstić information content (AvgIpc) is 2.63. The Labute approximate surface area is 115 Å². The monoisotopic (exact) mass is 289 g/mol. The number of hydrogen-bond donors (Lipinski definition) is 1. The fourth-order valence-electron chi connectivity index (χ4n) is 3.02. The topological polar surface area (TPSA) is 23.5 Å². The van der Waals surface area contributed by atoms with Gasteiger partial charge in [0.25, 0.3) is 0 Å². The van der Waals surface area contributed by atoms with Crippen molar-refractivity contribution in [3.05, 3.63) is 33.6 Å². The summed E-state index contributed by atoms with van der Waals surface area (Å²) in [4.78, 5) is 2.22. The average molecular weight is 290 g/mol. The van der Waals surface area contributed by atoms with E-state index in [9.17, 15) is 9.50 Å². The van der Waals surface area contributed by atoms with E-state index in [2.05, 4.69) is 4.90 Å². The van der Waals surface area contributed by atoms with Crippen molar-refractivity contribution < 1.29 is 9.50 Å². The molecule has 1 N–H and O–H groups in total. The summed E-state index contributed by atoms with van der Waals surface area (Å²) in [6.07, 6.45) is 0.738. The minimum absolute atomic E-state index is 0.0562. The molecule has 3 atom stereocenters. The van der Waals surface area contributed by atoms with Gasteiger partial charge >= 0.3 is 0 Å². The Morgan fingerprint density at radius 3 is 2.72 bits per heavy atom. The number of likely N-dealkylation sites (tertiary alicyclic amines) is 1. The summed E-state index contributed by atoms with van der Waals surface area (Å²) in [5.41, 5.74) is 0.759. The van der Waals surface area contributed by atoms with E-state index >= 15 is 0 Å². The molecule has 18 heavy (non-hydrogen) atoms. The van der Waals surface area contributed by atoms with Crippen LogP contribution < -0.4 is 0 Å². The van der Waals surface area contributed by atoms with Gasteiger partial charge in [0, 0.05) is 30.6 Å². The first-order valence-corrected chi connectivity index (χ1v) is 6.84. The lowest BCUT2D eigenvalue weighted by atomic mass is 9.74. The Bertz CT molecular complexity index is 482. The summed E-state index contributed by atoms with van der Waals surface area (Å²) in [5.74, 6) is 0.551. The molecular formula is C13H14Cl2FNO. The molecule has 1 saturated heterocycles. The molecule has 1 aromatic rings. The van der Waals surface area contributed by atoms with Gasteiger partial charge in [0.05, 0.1) is 11.1 Å². The highest BCUT2D eigenvalue weighted by Gasteiger charge is 2.45. The summed E-state index contributed by atoms with van der Waals surface area (Å²) >= 11 is 11.7. The number of nitrogens with zero attached hydrogens (tertiary/aromatic N) is 1. The maximum absolute atomic E-state index is 13.4. The Morgan fingerprint density at radius 1 is 1.28 bits per heavy atom. The fourth-order valence-corrected chi connectivity index (χ4v) is 3.46. The molecule has 1 aromatic carbocycles. The minimum atomic E-state index is -0.432. The second-order valence-electron chi connectivity index (χ2n) is 5.28. The largest absolute Gasteiger partial charge is 0.393 e. The van der Waals surface area contributed by atoms with Gasteiger partial charge in [-0.3, -0.25) is 4.90 Å². The Morgan fingerprint density at radius 2 is 2.06 bits per heavy atom. The van der Waals surface area contributed by atoms with Gasteiger partial charge in [-0.05, 0) is 30.0 Å². The molecule has 2 fully saturated rings. The minimum Gasteiger partial charge on any atom is -0.393 e. The number of aliphatic hydroxyl groups is 1. The zero-order chi connectivity index (χ0) is 12.9. The molecule has 2 nitrogen and oxygen atoms in total. The molecule has 5 heteroatoms. The Balaban J connectivity index is 1.72. The van der Waals surface area contributed by atoms with Gasteiger partial charge in [-0.1, -0.05) is 23.2 Å². The van der Waals surface area contributed by atoms with E-state index in [0.29, 0.717) is 23.4 Å². The molecule has 1 aliphatic carbocycles. The molecule has 1 saturated carbocycles. The quantitative estimate of drug-likeness (QED) is 0.847. The third-order valence-corrected chi connectivity index (χ3v) is 4.73. The van der Waals surface area contributed by atoms with Crippen molar-refractivity contribution in [2.45, 2.75) is 19.1 Å². The van der Waals surface area contributed by atoms with Crippen LogP contribution in [0.3, 0.4) is 0 Å². The van der Waals surface area contributed by atoms with Gasteiger partial charge in [-0.25, -0.2) is 4.39 Å². The van der Waals surface area contributed by atoms with E-state index in [-0.39, 0.29) is 11.1 Å². The highest BCUT2D eigenvalue weighted by molar-refractivity contribution is 6.35. The number of halogens is 3. The van der Waals surface area contributed by atoms with Crippen LogP contribution in [0.1, 0.15) is 12.0 Å². The van der Waals surface area contributed by atoms with Crippen molar-refractivity contribution in [2.24, 2.45) is 11.8 Å². The molecule has 0 amide bonds. The summed E-state index contributed by atoms with van der Waals surface area (Å²) in [7, 11) is 0. The van der Waals surface area contributed by atoms with Crippen molar-refractivity contribution in [1.29, 1.82) is 0 Å². The second-order valence-corrected chi connectivity index (χ2v) is 6.09. The zero-order valence-electron chi connectivity index (χ0n) is 9.74. The molecule has 0 aromatic heterocycles.